The Morgan fingerprint density at radius 1 is 0.912 bits per heavy atom. The van der Waals surface area contributed by atoms with Gasteiger partial charge in [-0.1, -0.05) is 6.92 Å². The van der Waals surface area contributed by atoms with Crippen molar-refractivity contribution in [3.8, 4) is 11.4 Å². The number of hydrogen-bond donors (Lipinski definition) is 1. The van der Waals surface area contributed by atoms with Crippen LogP contribution in [0, 0.1) is 6.92 Å². The van der Waals surface area contributed by atoms with E-state index in [1.54, 1.807) is 11.5 Å². The van der Waals surface area contributed by atoms with Gasteiger partial charge in [0.2, 0.25) is 0 Å². The molecule has 1 aliphatic rings. The van der Waals surface area contributed by atoms with Crippen LogP contribution in [0.4, 0.5) is 11.4 Å². The van der Waals surface area contributed by atoms with E-state index in [2.05, 4.69) is 39.2 Å². The molecule has 1 saturated heterocycles. The van der Waals surface area contributed by atoms with Crippen molar-refractivity contribution in [2.24, 2.45) is 0 Å². The van der Waals surface area contributed by atoms with E-state index in [0.717, 1.165) is 43.3 Å². The second-order valence-electron chi connectivity index (χ2n) is 8.74. The molecule has 0 spiro atoms. The van der Waals surface area contributed by atoms with Crippen molar-refractivity contribution >= 4 is 11.4 Å². The zero-order valence-corrected chi connectivity index (χ0v) is 20.5. The fraction of sp³-hybridized carbons (Fsp3) is 0.462. The Balaban J connectivity index is 1.44. The van der Waals surface area contributed by atoms with Gasteiger partial charge in [0, 0.05) is 37.6 Å². The summed E-state index contributed by atoms with van der Waals surface area (Å²) in [5.41, 5.74) is 2.92. The Morgan fingerprint density at radius 3 is 1.88 bits per heavy atom. The quantitative estimate of drug-likeness (QED) is 0.550. The topological polar surface area (TPSA) is 75.8 Å². The van der Waals surface area contributed by atoms with Gasteiger partial charge in [0.1, 0.15) is 11.6 Å². The molecule has 0 unspecified atom stereocenters. The van der Waals surface area contributed by atoms with E-state index in [0.29, 0.717) is 18.9 Å². The van der Waals surface area contributed by atoms with Crippen LogP contribution in [0.5, 0.6) is 5.75 Å². The number of nitrogens with zero attached hydrogens (tertiary/aromatic N) is 5. The second kappa shape index (κ2) is 10.3. The van der Waals surface area contributed by atoms with Crippen LogP contribution < -0.4 is 20.2 Å². The van der Waals surface area contributed by atoms with Gasteiger partial charge in [-0.15, -0.1) is 0 Å². The zero-order chi connectivity index (χ0) is 24.2. The summed E-state index contributed by atoms with van der Waals surface area (Å²) in [6.07, 6.45) is -0.00982. The predicted molar refractivity (Wildman–Crippen MR) is 136 cm³/mol. The first-order chi connectivity index (χ1) is 16.4. The third kappa shape index (κ3) is 4.82. The van der Waals surface area contributed by atoms with Crippen LogP contribution in [-0.2, 0) is 0 Å². The molecule has 0 aliphatic carbocycles. The fourth-order valence-electron chi connectivity index (χ4n) is 4.67. The summed E-state index contributed by atoms with van der Waals surface area (Å²) >= 11 is 0. The van der Waals surface area contributed by atoms with Gasteiger partial charge in [-0.2, -0.15) is 5.10 Å². The Hall–Kier alpha value is -3.26. The first kappa shape index (κ1) is 23.9. The lowest BCUT2D eigenvalue weighted by molar-refractivity contribution is 0.118. The first-order valence-electron chi connectivity index (χ1n) is 12.1. The molecule has 1 N–H and O–H groups in total. The summed E-state index contributed by atoms with van der Waals surface area (Å²) in [5, 5.41) is 14.5. The van der Waals surface area contributed by atoms with E-state index >= 15 is 0 Å². The van der Waals surface area contributed by atoms with Gasteiger partial charge in [-0.3, -0.25) is 0 Å². The molecule has 0 saturated carbocycles. The van der Waals surface area contributed by atoms with Gasteiger partial charge in [-0.05, 0) is 75.7 Å². The van der Waals surface area contributed by atoms with Crippen LogP contribution in [0.2, 0.25) is 0 Å². The number of aliphatic hydroxyl groups excluding tert-OH is 1. The normalized spacial score (nSPS) is 15.9. The van der Waals surface area contributed by atoms with E-state index in [1.165, 1.54) is 10.4 Å². The van der Waals surface area contributed by atoms with Crippen LogP contribution in [-0.4, -0.2) is 58.3 Å². The predicted octanol–water partition coefficient (Wildman–Crippen LogP) is 3.40. The molecular weight excluding hydrogens is 430 g/mol. The Bertz CT molecular complexity index is 1130. The average Bonchev–Trinajstić information content (AvgIpc) is 3.14. The molecule has 3 aromatic rings. The Morgan fingerprint density at radius 2 is 1.41 bits per heavy atom. The molecule has 1 fully saturated rings. The third-order valence-electron chi connectivity index (χ3n) is 6.52. The number of anilines is 2. The Labute approximate surface area is 201 Å². The summed E-state index contributed by atoms with van der Waals surface area (Å²) in [4.78, 5) is 17.8. The number of aliphatic hydroxyl groups is 1. The summed E-state index contributed by atoms with van der Waals surface area (Å²) in [5.74, 6) is 1.52. The number of aryl methyl sites for hydroxylation is 1. The van der Waals surface area contributed by atoms with Crippen molar-refractivity contribution in [1.82, 2.24) is 14.3 Å². The second-order valence-corrected chi connectivity index (χ2v) is 8.74. The van der Waals surface area contributed by atoms with Crippen molar-refractivity contribution in [2.45, 2.75) is 46.3 Å². The molecule has 2 aromatic carbocycles. The number of aromatic nitrogens is 3. The number of hydrogen-bond acceptors (Lipinski definition) is 6. The van der Waals surface area contributed by atoms with E-state index in [-0.39, 0.29) is 11.7 Å². The van der Waals surface area contributed by atoms with Crippen LogP contribution in [0.25, 0.3) is 5.69 Å². The number of piperazine rings is 1. The zero-order valence-electron chi connectivity index (χ0n) is 20.5. The van der Waals surface area contributed by atoms with E-state index in [9.17, 15) is 9.90 Å². The number of rotatable bonds is 8. The van der Waals surface area contributed by atoms with Crippen molar-refractivity contribution in [2.75, 3.05) is 42.6 Å². The number of benzene rings is 2. The smallest absolute Gasteiger partial charge is 0.350 e. The fourth-order valence-corrected chi connectivity index (χ4v) is 4.67. The molecule has 2 atom stereocenters. The SMILES string of the molecule is CCOc1ccc(N2CCN(c3ccc(-n4c(C)nn([C@@H](CC)[C@H](C)O)c4=O)cc3)CC2)cc1. The van der Waals surface area contributed by atoms with Gasteiger partial charge in [0.25, 0.3) is 0 Å². The average molecular weight is 466 g/mol. The molecular formula is C26H35N5O3. The van der Waals surface area contributed by atoms with E-state index < -0.39 is 6.10 Å². The van der Waals surface area contributed by atoms with E-state index in [1.807, 2.05) is 45.0 Å². The van der Waals surface area contributed by atoms with Crippen LogP contribution in [0.1, 0.15) is 39.1 Å². The summed E-state index contributed by atoms with van der Waals surface area (Å²) in [6, 6.07) is 16.0. The highest BCUT2D eigenvalue weighted by Gasteiger charge is 2.22. The third-order valence-corrected chi connectivity index (χ3v) is 6.52. The molecule has 1 aliphatic heterocycles. The molecule has 0 amide bonds. The molecule has 8 heteroatoms. The van der Waals surface area contributed by atoms with Gasteiger partial charge < -0.3 is 19.6 Å². The number of ether oxygens (including phenoxy) is 1. The molecule has 1 aromatic heterocycles. The maximum Gasteiger partial charge on any atom is 0.350 e. The van der Waals surface area contributed by atoms with E-state index in [4.69, 9.17) is 4.74 Å². The van der Waals surface area contributed by atoms with Crippen LogP contribution in [0.3, 0.4) is 0 Å². The highest BCUT2D eigenvalue weighted by molar-refractivity contribution is 5.54. The minimum absolute atomic E-state index is 0.220. The molecule has 2 heterocycles. The van der Waals surface area contributed by atoms with Gasteiger partial charge >= 0.3 is 5.69 Å². The maximum absolute atomic E-state index is 13.0. The highest BCUT2D eigenvalue weighted by atomic mass is 16.5. The van der Waals surface area contributed by atoms with Crippen molar-refractivity contribution in [1.29, 1.82) is 0 Å². The van der Waals surface area contributed by atoms with Crippen LogP contribution >= 0.6 is 0 Å². The minimum Gasteiger partial charge on any atom is -0.494 e. The monoisotopic (exact) mass is 465 g/mol. The van der Waals surface area contributed by atoms with Crippen molar-refractivity contribution in [3.63, 3.8) is 0 Å². The molecule has 182 valence electrons. The van der Waals surface area contributed by atoms with Gasteiger partial charge in [0.15, 0.2) is 0 Å². The molecule has 4 rings (SSSR count). The molecule has 34 heavy (non-hydrogen) atoms. The molecule has 8 nitrogen and oxygen atoms in total. The van der Waals surface area contributed by atoms with Crippen LogP contribution in [0.15, 0.2) is 53.3 Å². The standard InChI is InChI=1S/C26H35N5O3/c1-5-25(19(3)32)31-26(33)30(20(4)27-31)23-9-7-21(8-10-23)28-15-17-29(18-16-28)22-11-13-24(14-12-22)34-6-2/h7-14,19,25,32H,5-6,15-18H2,1-4H3/t19-,25-/m0/s1. The summed E-state index contributed by atoms with van der Waals surface area (Å²) in [6.45, 7) is 11.9. The Kier molecular flexibility index (Phi) is 7.26. The minimum atomic E-state index is -0.644. The lowest BCUT2D eigenvalue weighted by Gasteiger charge is -2.37. The largest absolute Gasteiger partial charge is 0.494 e. The van der Waals surface area contributed by atoms with Gasteiger partial charge in [-0.25, -0.2) is 14.0 Å². The summed E-state index contributed by atoms with van der Waals surface area (Å²) < 4.78 is 8.56. The molecule has 0 bridgehead atoms. The van der Waals surface area contributed by atoms with Gasteiger partial charge in [0.05, 0.1) is 24.4 Å². The summed E-state index contributed by atoms with van der Waals surface area (Å²) in [7, 11) is 0. The maximum atomic E-state index is 13.0. The van der Waals surface area contributed by atoms with Crippen molar-refractivity contribution in [3.05, 3.63) is 64.8 Å². The van der Waals surface area contributed by atoms with Crippen molar-refractivity contribution < 1.29 is 9.84 Å². The lowest BCUT2D eigenvalue weighted by atomic mass is 10.1. The first-order valence-corrected chi connectivity index (χ1v) is 12.1. The lowest BCUT2D eigenvalue weighted by Crippen LogP contribution is -2.46. The molecule has 0 radical (unpaired) electrons. The highest BCUT2D eigenvalue weighted by Crippen LogP contribution is 2.24.